The number of carbonyl (C=O) groups is 1. The topological polar surface area (TPSA) is 38.3 Å². The highest BCUT2D eigenvalue weighted by molar-refractivity contribution is 5.77. The molecule has 1 amide bonds. The van der Waals surface area contributed by atoms with Crippen LogP contribution in [0.1, 0.15) is 33.1 Å². The van der Waals surface area contributed by atoms with Crippen molar-refractivity contribution >= 4 is 5.91 Å². The number of ether oxygens (including phenoxy) is 1. The maximum absolute atomic E-state index is 11.3. The predicted molar refractivity (Wildman–Crippen MR) is 56.0 cm³/mol. The van der Waals surface area contributed by atoms with E-state index in [2.05, 4.69) is 19.2 Å². The van der Waals surface area contributed by atoms with Crippen LogP contribution in [-0.4, -0.2) is 25.7 Å². The zero-order valence-corrected chi connectivity index (χ0v) is 9.38. The Morgan fingerprint density at radius 2 is 1.86 bits per heavy atom. The fourth-order valence-electron chi connectivity index (χ4n) is 2.47. The zero-order valence-electron chi connectivity index (χ0n) is 9.38. The molecule has 0 aromatic rings. The summed E-state index contributed by atoms with van der Waals surface area (Å²) in [4.78, 5) is 11.3. The van der Waals surface area contributed by atoms with E-state index in [9.17, 15) is 4.79 Å². The van der Waals surface area contributed by atoms with E-state index >= 15 is 0 Å². The summed E-state index contributed by atoms with van der Waals surface area (Å²) >= 11 is 0. The largest absolute Gasteiger partial charge is 0.375 e. The Morgan fingerprint density at radius 3 is 2.36 bits per heavy atom. The summed E-state index contributed by atoms with van der Waals surface area (Å²) in [6, 6.07) is 0.358. The fourth-order valence-corrected chi connectivity index (χ4v) is 2.47. The Labute approximate surface area is 86.2 Å². The number of amides is 1. The van der Waals surface area contributed by atoms with Gasteiger partial charge in [-0.25, -0.2) is 0 Å². The molecule has 82 valence electrons. The first-order valence-electron chi connectivity index (χ1n) is 5.40. The third kappa shape index (κ3) is 3.66. The summed E-state index contributed by atoms with van der Waals surface area (Å²) in [6.45, 7) is 4.69. The van der Waals surface area contributed by atoms with Gasteiger partial charge in [0, 0.05) is 13.2 Å². The predicted octanol–water partition coefficient (Wildman–Crippen LogP) is 1.57. The zero-order chi connectivity index (χ0) is 10.6. The van der Waals surface area contributed by atoms with E-state index in [0.29, 0.717) is 6.04 Å². The van der Waals surface area contributed by atoms with E-state index < -0.39 is 0 Å². The summed E-state index contributed by atoms with van der Waals surface area (Å²) in [6.07, 6.45) is 3.51. The summed E-state index contributed by atoms with van der Waals surface area (Å²) < 4.78 is 4.79. The van der Waals surface area contributed by atoms with E-state index in [0.717, 1.165) is 24.7 Å². The van der Waals surface area contributed by atoms with Crippen LogP contribution < -0.4 is 5.32 Å². The lowest BCUT2D eigenvalue weighted by molar-refractivity contribution is -0.125. The van der Waals surface area contributed by atoms with Crippen molar-refractivity contribution in [2.45, 2.75) is 39.2 Å². The highest BCUT2D eigenvalue weighted by atomic mass is 16.5. The van der Waals surface area contributed by atoms with Gasteiger partial charge in [0.2, 0.25) is 5.91 Å². The molecule has 0 bridgehead atoms. The molecular formula is C11H21NO2. The molecule has 1 N–H and O–H groups in total. The normalized spacial score (nSPS) is 32.6. The lowest BCUT2D eigenvalue weighted by atomic mass is 9.80. The average molecular weight is 199 g/mol. The maximum Gasteiger partial charge on any atom is 0.246 e. The Bertz CT molecular complexity index is 184. The highest BCUT2D eigenvalue weighted by Gasteiger charge is 2.24. The molecule has 0 aromatic carbocycles. The lowest BCUT2D eigenvalue weighted by Crippen LogP contribution is -2.41. The van der Waals surface area contributed by atoms with Gasteiger partial charge in [0.25, 0.3) is 0 Å². The van der Waals surface area contributed by atoms with Crippen LogP contribution >= 0.6 is 0 Å². The molecule has 2 unspecified atom stereocenters. The van der Waals surface area contributed by atoms with Crippen LogP contribution in [0.3, 0.4) is 0 Å². The number of methoxy groups -OCH3 is 1. The van der Waals surface area contributed by atoms with Gasteiger partial charge in [0.1, 0.15) is 6.61 Å². The molecule has 1 fully saturated rings. The van der Waals surface area contributed by atoms with Crippen LogP contribution in [-0.2, 0) is 9.53 Å². The molecule has 1 aliphatic carbocycles. The number of hydrogen-bond acceptors (Lipinski definition) is 2. The van der Waals surface area contributed by atoms with E-state index in [1.807, 2.05) is 0 Å². The molecule has 14 heavy (non-hydrogen) atoms. The minimum Gasteiger partial charge on any atom is -0.375 e. The number of carbonyl (C=O) groups excluding carboxylic acids is 1. The Hall–Kier alpha value is -0.570. The molecule has 3 nitrogen and oxygen atoms in total. The van der Waals surface area contributed by atoms with Crippen LogP contribution in [0.4, 0.5) is 0 Å². The first-order valence-corrected chi connectivity index (χ1v) is 5.40. The molecule has 0 heterocycles. The number of nitrogens with one attached hydrogen (secondary N) is 1. The third-order valence-corrected chi connectivity index (χ3v) is 2.82. The molecule has 0 spiro atoms. The minimum atomic E-state index is 0.0128. The van der Waals surface area contributed by atoms with Gasteiger partial charge in [0.15, 0.2) is 0 Å². The van der Waals surface area contributed by atoms with Gasteiger partial charge in [0.05, 0.1) is 0 Å². The van der Waals surface area contributed by atoms with E-state index in [4.69, 9.17) is 4.74 Å². The van der Waals surface area contributed by atoms with Gasteiger partial charge in [-0.1, -0.05) is 13.8 Å². The van der Waals surface area contributed by atoms with Crippen LogP contribution in [0.25, 0.3) is 0 Å². The Balaban J connectivity index is 2.33. The monoisotopic (exact) mass is 199 g/mol. The van der Waals surface area contributed by atoms with Gasteiger partial charge in [-0.2, -0.15) is 0 Å². The van der Waals surface area contributed by atoms with Crippen molar-refractivity contribution in [3.63, 3.8) is 0 Å². The number of rotatable bonds is 3. The van der Waals surface area contributed by atoms with Gasteiger partial charge >= 0.3 is 0 Å². The van der Waals surface area contributed by atoms with Gasteiger partial charge in [-0.15, -0.1) is 0 Å². The number of hydrogen-bond donors (Lipinski definition) is 1. The molecular weight excluding hydrogens is 178 g/mol. The van der Waals surface area contributed by atoms with E-state index in [1.54, 1.807) is 7.11 Å². The van der Waals surface area contributed by atoms with Crippen molar-refractivity contribution < 1.29 is 9.53 Å². The van der Waals surface area contributed by atoms with Crippen LogP contribution in [0.5, 0.6) is 0 Å². The van der Waals surface area contributed by atoms with Crippen molar-refractivity contribution in [1.82, 2.24) is 5.32 Å². The van der Waals surface area contributed by atoms with Crippen LogP contribution in [0, 0.1) is 11.8 Å². The summed E-state index contributed by atoms with van der Waals surface area (Å²) in [5.74, 6) is 1.47. The third-order valence-electron chi connectivity index (χ3n) is 2.82. The SMILES string of the molecule is COCC(=O)NC1CC(C)CC(C)C1. The summed E-state index contributed by atoms with van der Waals surface area (Å²) in [5.41, 5.74) is 0. The van der Waals surface area contributed by atoms with E-state index in [1.165, 1.54) is 6.42 Å². The lowest BCUT2D eigenvalue weighted by Gasteiger charge is -2.31. The van der Waals surface area contributed by atoms with Gasteiger partial charge in [-0.3, -0.25) is 4.79 Å². The van der Waals surface area contributed by atoms with Gasteiger partial charge < -0.3 is 10.1 Å². The quantitative estimate of drug-likeness (QED) is 0.749. The average Bonchev–Trinajstić information content (AvgIpc) is 2.01. The smallest absolute Gasteiger partial charge is 0.246 e. The standard InChI is InChI=1S/C11H21NO2/c1-8-4-9(2)6-10(5-8)12-11(13)7-14-3/h8-10H,4-7H2,1-3H3,(H,12,13). The molecule has 1 aliphatic rings. The molecule has 1 rings (SSSR count). The second-order valence-electron chi connectivity index (χ2n) is 4.61. The van der Waals surface area contributed by atoms with E-state index in [-0.39, 0.29) is 12.5 Å². The van der Waals surface area contributed by atoms with Crippen molar-refractivity contribution in [1.29, 1.82) is 0 Å². The van der Waals surface area contributed by atoms with Crippen molar-refractivity contribution in [3.05, 3.63) is 0 Å². The molecule has 3 heteroatoms. The Morgan fingerprint density at radius 1 is 1.29 bits per heavy atom. The van der Waals surface area contributed by atoms with Gasteiger partial charge in [-0.05, 0) is 31.1 Å². The van der Waals surface area contributed by atoms with Crippen LogP contribution in [0.2, 0.25) is 0 Å². The molecule has 0 aliphatic heterocycles. The highest BCUT2D eigenvalue weighted by Crippen LogP contribution is 2.28. The summed E-state index contributed by atoms with van der Waals surface area (Å²) in [5, 5.41) is 3.02. The summed E-state index contributed by atoms with van der Waals surface area (Å²) in [7, 11) is 1.55. The van der Waals surface area contributed by atoms with Crippen molar-refractivity contribution in [2.75, 3.05) is 13.7 Å². The second kappa shape index (κ2) is 5.35. The first-order chi connectivity index (χ1) is 6.61. The molecule has 1 saturated carbocycles. The molecule has 0 radical (unpaired) electrons. The van der Waals surface area contributed by atoms with Crippen LogP contribution in [0.15, 0.2) is 0 Å². The maximum atomic E-state index is 11.3. The Kier molecular flexibility index (Phi) is 4.39. The van der Waals surface area contributed by atoms with Crippen molar-refractivity contribution in [3.8, 4) is 0 Å². The second-order valence-corrected chi connectivity index (χ2v) is 4.61. The fraction of sp³-hybridized carbons (Fsp3) is 0.909. The molecule has 2 atom stereocenters. The minimum absolute atomic E-state index is 0.0128. The first kappa shape index (κ1) is 11.5. The molecule has 0 aromatic heterocycles. The van der Waals surface area contributed by atoms with Crippen molar-refractivity contribution in [2.24, 2.45) is 11.8 Å². The molecule has 0 saturated heterocycles.